The van der Waals surface area contributed by atoms with Crippen LogP contribution in [-0.2, 0) is 11.3 Å². The van der Waals surface area contributed by atoms with Gasteiger partial charge in [-0.15, -0.1) is 0 Å². The molecular formula is C19H16N2OS. The number of benzene rings is 2. The maximum Gasteiger partial charge on any atom is 0.258 e. The smallest absolute Gasteiger partial charge is 0.258 e. The molecule has 0 saturated carbocycles. The number of nitrogens with one attached hydrogen (secondary N) is 1. The van der Waals surface area contributed by atoms with Crippen molar-refractivity contribution in [2.24, 2.45) is 0 Å². The van der Waals surface area contributed by atoms with E-state index in [1.54, 1.807) is 11.8 Å². The van der Waals surface area contributed by atoms with E-state index < -0.39 is 0 Å². The third-order valence-corrected chi connectivity index (χ3v) is 4.89. The molecule has 2 heterocycles. The van der Waals surface area contributed by atoms with Gasteiger partial charge in [0.1, 0.15) is 0 Å². The predicted octanol–water partition coefficient (Wildman–Crippen LogP) is 3.85. The molecule has 1 saturated heterocycles. The summed E-state index contributed by atoms with van der Waals surface area (Å²) in [7, 11) is 0. The molecular weight excluding hydrogens is 304 g/mol. The average molecular weight is 320 g/mol. The quantitative estimate of drug-likeness (QED) is 0.744. The van der Waals surface area contributed by atoms with Gasteiger partial charge in [0.25, 0.3) is 5.91 Å². The van der Waals surface area contributed by atoms with E-state index >= 15 is 0 Å². The lowest BCUT2D eigenvalue weighted by Gasteiger charge is -2.05. The number of aromatic nitrogens is 1. The molecule has 0 bridgehead atoms. The van der Waals surface area contributed by atoms with Gasteiger partial charge < -0.3 is 9.88 Å². The van der Waals surface area contributed by atoms with Crippen LogP contribution < -0.4 is 5.32 Å². The van der Waals surface area contributed by atoms with Gasteiger partial charge in [0.15, 0.2) is 0 Å². The lowest BCUT2D eigenvalue weighted by molar-refractivity contribution is -0.116. The van der Waals surface area contributed by atoms with Crippen LogP contribution in [0.15, 0.2) is 65.7 Å². The van der Waals surface area contributed by atoms with Crippen LogP contribution in [0.4, 0.5) is 0 Å². The van der Waals surface area contributed by atoms with Crippen LogP contribution in [0, 0.1) is 0 Å². The Hall–Kier alpha value is -2.46. The zero-order chi connectivity index (χ0) is 15.6. The van der Waals surface area contributed by atoms with Crippen molar-refractivity contribution in [1.82, 2.24) is 9.88 Å². The molecule has 0 unspecified atom stereocenters. The minimum absolute atomic E-state index is 0.0230. The first-order valence-electron chi connectivity index (χ1n) is 7.56. The Morgan fingerprint density at radius 3 is 2.65 bits per heavy atom. The van der Waals surface area contributed by atoms with E-state index in [4.69, 9.17) is 0 Å². The summed E-state index contributed by atoms with van der Waals surface area (Å²) < 4.78 is 2.24. The number of hydrogen-bond acceptors (Lipinski definition) is 2. The standard InChI is InChI=1S/C19H16N2OS/c22-19-18(23-13-20-19)10-15-12-21(11-14-6-2-1-3-7-14)17-9-5-4-8-16(15)17/h1-10,12H,11,13H2,(H,20,22). The summed E-state index contributed by atoms with van der Waals surface area (Å²) >= 11 is 1.56. The van der Waals surface area contributed by atoms with Gasteiger partial charge in [-0.3, -0.25) is 4.79 Å². The lowest BCUT2D eigenvalue weighted by atomic mass is 10.1. The van der Waals surface area contributed by atoms with E-state index in [2.05, 4.69) is 58.5 Å². The van der Waals surface area contributed by atoms with Crippen molar-refractivity contribution in [3.8, 4) is 0 Å². The van der Waals surface area contributed by atoms with Crippen LogP contribution >= 0.6 is 11.8 Å². The minimum atomic E-state index is 0.0230. The SMILES string of the molecule is O=C1NCSC1=Cc1cn(Cc2ccccc2)c2ccccc12. The van der Waals surface area contributed by atoms with Gasteiger partial charge in [-0.2, -0.15) is 0 Å². The fourth-order valence-electron chi connectivity index (χ4n) is 2.88. The second kappa shape index (κ2) is 5.97. The van der Waals surface area contributed by atoms with Crippen molar-refractivity contribution >= 4 is 34.6 Å². The molecule has 0 aliphatic carbocycles. The molecule has 4 rings (SSSR count). The Morgan fingerprint density at radius 1 is 1.09 bits per heavy atom. The van der Waals surface area contributed by atoms with Gasteiger partial charge in [0, 0.05) is 29.2 Å². The molecule has 3 aromatic rings. The fourth-order valence-corrected chi connectivity index (χ4v) is 3.65. The van der Waals surface area contributed by atoms with Crippen molar-refractivity contribution in [3.63, 3.8) is 0 Å². The molecule has 1 fully saturated rings. The van der Waals surface area contributed by atoms with Crippen LogP contribution in [0.2, 0.25) is 0 Å². The predicted molar refractivity (Wildman–Crippen MR) is 96.1 cm³/mol. The van der Waals surface area contributed by atoms with Crippen LogP contribution in [0.25, 0.3) is 17.0 Å². The lowest BCUT2D eigenvalue weighted by Crippen LogP contribution is -2.13. The van der Waals surface area contributed by atoms with Crippen molar-refractivity contribution in [2.75, 3.05) is 5.88 Å². The maximum absolute atomic E-state index is 11.8. The summed E-state index contributed by atoms with van der Waals surface area (Å²) in [6, 6.07) is 18.7. The highest BCUT2D eigenvalue weighted by Crippen LogP contribution is 2.29. The van der Waals surface area contributed by atoms with Crippen molar-refractivity contribution in [2.45, 2.75) is 6.54 Å². The Bertz CT molecular complexity index is 896. The van der Waals surface area contributed by atoms with E-state index in [9.17, 15) is 4.79 Å². The Morgan fingerprint density at radius 2 is 1.87 bits per heavy atom. The molecule has 114 valence electrons. The van der Waals surface area contributed by atoms with E-state index in [1.165, 1.54) is 16.5 Å². The Labute approximate surface area is 139 Å². The van der Waals surface area contributed by atoms with Gasteiger partial charge >= 0.3 is 0 Å². The first-order valence-corrected chi connectivity index (χ1v) is 8.54. The van der Waals surface area contributed by atoms with Gasteiger partial charge in [0.2, 0.25) is 0 Å². The molecule has 1 aromatic heterocycles. The number of carbonyl (C=O) groups excluding carboxylic acids is 1. The molecule has 0 radical (unpaired) electrons. The summed E-state index contributed by atoms with van der Waals surface area (Å²) in [5.74, 6) is 0.683. The van der Waals surface area contributed by atoms with Crippen molar-refractivity contribution < 1.29 is 4.79 Å². The number of para-hydroxylation sites is 1. The van der Waals surface area contributed by atoms with Gasteiger partial charge in [-0.1, -0.05) is 60.3 Å². The summed E-state index contributed by atoms with van der Waals surface area (Å²) in [6.07, 6.45) is 4.13. The summed E-state index contributed by atoms with van der Waals surface area (Å²) in [5, 5.41) is 4.01. The Kier molecular flexibility index (Phi) is 3.67. The van der Waals surface area contributed by atoms with Gasteiger partial charge in [0.05, 0.1) is 10.8 Å². The first-order chi connectivity index (χ1) is 11.3. The molecule has 23 heavy (non-hydrogen) atoms. The summed E-state index contributed by atoms with van der Waals surface area (Å²) in [6.45, 7) is 0.823. The fraction of sp³-hybridized carbons (Fsp3) is 0.105. The van der Waals surface area contributed by atoms with Crippen molar-refractivity contribution in [1.29, 1.82) is 0 Å². The molecule has 2 aromatic carbocycles. The van der Waals surface area contributed by atoms with Crippen LogP contribution in [0.1, 0.15) is 11.1 Å². The van der Waals surface area contributed by atoms with Gasteiger partial charge in [-0.25, -0.2) is 0 Å². The highest BCUT2D eigenvalue weighted by Gasteiger charge is 2.18. The topological polar surface area (TPSA) is 34.0 Å². The number of thioether (sulfide) groups is 1. The normalized spacial score (nSPS) is 16.2. The maximum atomic E-state index is 11.8. The highest BCUT2D eigenvalue weighted by atomic mass is 32.2. The van der Waals surface area contributed by atoms with Crippen LogP contribution in [0.5, 0.6) is 0 Å². The molecule has 1 aliphatic rings. The second-order valence-corrected chi connectivity index (χ2v) is 6.54. The summed E-state index contributed by atoms with van der Waals surface area (Å²) in [5.41, 5.74) is 3.54. The van der Waals surface area contributed by atoms with Crippen molar-refractivity contribution in [3.05, 3.63) is 76.8 Å². The first kappa shape index (κ1) is 14.2. The van der Waals surface area contributed by atoms with E-state index in [1.807, 2.05) is 18.2 Å². The third-order valence-electron chi connectivity index (χ3n) is 3.99. The average Bonchev–Trinajstić information content (AvgIpc) is 3.14. The minimum Gasteiger partial charge on any atom is -0.342 e. The number of carbonyl (C=O) groups is 1. The molecule has 1 aliphatic heterocycles. The second-order valence-electron chi connectivity index (χ2n) is 5.52. The molecule has 0 atom stereocenters. The van der Waals surface area contributed by atoms with E-state index in [0.29, 0.717) is 5.88 Å². The number of rotatable bonds is 3. The zero-order valence-electron chi connectivity index (χ0n) is 12.5. The molecule has 1 amide bonds. The number of amides is 1. The molecule has 0 spiro atoms. The monoisotopic (exact) mass is 320 g/mol. The number of nitrogens with zero attached hydrogens (tertiary/aromatic N) is 1. The third kappa shape index (κ3) is 2.78. The number of hydrogen-bond donors (Lipinski definition) is 1. The largest absolute Gasteiger partial charge is 0.342 e. The molecule has 1 N–H and O–H groups in total. The summed E-state index contributed by atoms with van der Waals surface area (Å²) in [4.78, 5) is 12.6. The molecule has 3 nitrogen and oxygen atoms in total. The molecule has 4 heteroatoms. The van der Waals surface area contributed by atoms with E-state index in [0.717, 1.165) is 17.0 Å². The van der Waals surface area contributed by atoms with Crippen LogP contribution in [0.3, 0.4) is 0 Å². The Balaban J connectivity index is 1.79. The van der Waals surface area contributed by atoms with Crippen LogP contribution in [-0.4, -0.2) is 16.4 Å². The zero-order valence-corrected chi connectivity index (χ0v) is 13.3. The highest BCUT2D eigenvalue weighted by molar-refractivity contribution is 8.04. The number of fused-ring (bicyclic) bond motifs is 1. The van der Waals surface area contributed by atoms with E-state index in [-0.39, 0.29) is 5.91 Å². The van der Waals surface area contributed by atoms with Gasteiger partial charge in [-0.05, 0) is 17.7 Å².